The van der Waals surface area contributed by atoms with Crippen molar-refractivity contribution in [1.29, 1.82) is 0 Å². The van der Waals surface area contributed by atoms with Crippen molar-refractivity contribution in [1.82, 2.24) is 5.32 Å². The van der Waals surface area contributed by atoms with Crippen molar-refractivity contribution in [3.8, 4) is 0 Å². The van der Waals surface area contributed by atoms with Crippen molar-refractivity contribution in [2.75, 3.05) is 6.54 Å². The number of halogens is 2. The Morgan fingerprint density at radius 3 is 2.71 bits per heavy atom. The summed E-state index contributed by atoms with van der Waals surface area (Å²) >= 11 is 9.70. The molecule has 1 saturated carbocycles. The van der Waals surface area contributed by atoms with E-state index >= 15 is 0 Å². The van der Waals surface area contributed by atoms with Crippen LogP contribution in [0.5, 0.6) is 0 Å². The molecule has 0 aliphatic heterocycles. The van der Waals surface area contributed by atoms with E-state index in [9.17, 15) is 4.79 Å². The first-order valence-corrected chi connectivity index (χ1v) is 8.48. The Balaban J connectivity index is 1.71. The minimum atomic E-state index is -0.0180. The van der Waals surface area contributed by atoms with Crippen LogP contribution < -0.4 is 5.32 Å². The first-order chi connectivity index (χ1) is 10.1. The molecule has 0 heterocycles. The number of alkyl halides is 1. The highest BCUT2D eigenvalue weighted by Gasteiger charge is 2.25. The Morgan fingerprint density at radius 1 is 1.19 bits per heavy atom. The standard InChI is InChI=1S/C17H17BrClNO/c18-15-7-6-11-8-13(5-4-12(11)9-15)17(21)20-10-14-2-1-3-16(14)19/h4-9,14,16H,1-3,10H2,(H,20,21). The van der Waals surface area contributed by atoms with Crippen molar-refractivity contribution in [3.05, 3.63) is 46.4 Å². The van der Waals surface area contributed by atoms with Crippen LogP contribution in [0.1, 0.15) is 29.6 Å². The minimum Gasteiger partial charge on any atom is -0.352 e. The number of benzene rings is 2. The summed E-state index contributed by atoms with van der Waals surface area (Å²) < 4.78 is 1.04. The summed E-state index contributed by atoms with van der Waals surface area (Å²) in [6.45, 7) is 0.672. The molecule has 21 heavy (non-hydrogen) atoms. The quantitative estimate of drug-likeness (QED) is 0.781. The second-order valence-electron chi connectivity index (χ2n) is 5.62. The lowest BCUT2D eigenvalue weighted by atomic mass is 10.1. The molecule has 2 atom stereocenters. The third-order valence-corrected chi connectivity index (χ3v) is 5.22. The lowest BCUT2D eigenvalue weighted by Gasteiger charge is -2.14. The molecule has 2 nitrogen and oxygen atoms in total. The van der Waals surface area contributed by atoms with E-state index in [4.69, 9.17) is 11.6 Å². The van der Waals surface area contributed by atoms with Crippen LogP contribution in [0, 0.1) is 5.92 Å². The molecule has 1 aliphatic carbocycles. The van der Waals surface area contributed by atoms with Gasteiger partial charge in [-0.2, -0.15) is 0 Å². The summed E-state index contributed by atoms with van der Waals surface area (Å²) in [5.41, 5.74) is 0.703. The summed E-state index contributed by atoms with van der Waals surface area (Å²) in [7, 11) is 0. The molecule has 1 N–H and O–H groups in total. The van der Waals surface area contributed by atoms with Gasteiger partial charge in [0.05, 0.1) is 0 Å². The van der Waals surface area contributed by atoms with Crippen molar-refractivity contribution >= 4 is 44.2 Å². The van der Waals surface area contributed by atoms with Gasteiger partial charge < -0.3 is 5.32 Å². The van der Waals surface area contributed by atoms with Gasteiger partial charge >= 0.3 is 0 Å². The summed E-state index contributed by atoms with van der Waals surface area (Å²) in [4.78, 5) is 12.3. The summed E-state index contributed by atoms with van der Waals surface area (Å²) in [5.74, 6) is 0.391. The normalized spacial score (nSPS) is 21.6. The maximum absolute atomic E-state index is 12.3. The fourth-order valence-electron chi connectivity index (χ4n) is 2.91. The number of rotatable bonds is 3. The molecule has 0 bridgehead atoms. The largest absolute Gasteiger partial charge is 0.352 e. The molecule has 110 valence electrons. The van der Waals surface area contributed by atoms with E-state index in [1.165, 1.54) is 6.42 Å². The maximum Gasteiger partial charge on any atom is 0.251 e. The van der Waals surface area contributed by atoms with Gasteiger partial charge in [0.25, 0.3) is 5.91 Å². The highest BCUT2D eigenvalue weighted by molar-refractivity contribution is 9.10. The predicted molar refractivity (Wildman–Crippen MR) is 91.0 cm³/mol. The second-order valence-corrected chi connectivity index (χ2v) is 7.10. The Bertz CT molecular complexity index is 673. The number of hydrogen-bond donors (Lipinski definition) is 1. The molecule has 2 unspecified atom stereocenters. The van der Waals surface area contributed by atoms with Gasteiger partial charge in [0.1, 0.15) is 0 Å². The first kappa shape index (κ1) is 14.9. The number of fused-ring (bicyclic) bond motifs is 1. The van der Waals surface area contributed by atoms with Crippen LogP contribution in [-0.4, -0.2) is 17.8 Å². The lowest BCUT2D eigenvalue weighted by Crippen LogP contribution is -2.31. The molecular weight excluding hydrogens is 350 g/mol. The molecule has 3 rings (SSSR count). The van der Waals surface area contributed by atoms with Crippen LogP contribution >= 0.6 is 27.5 Å². The van der Waals surface area contributed by atoms with Gasteiger partial charge in [-0.15, -0.1) is 11.6 Å². The fourth-order valence-corrected chi connectivity index (χ4v) is 3.65. The lowest BCUT2D eigenvalue weighted by molar-refractivity contribution is 0.0948. The fraction of sp³-hybridized carbons (Fsp3) is 0.353. The van der Waals surface area contributed by atoms with Crippen LogP contribution in [0.3, 0.4) is 0 Å². The van der Waals surface area contributed by atoms with Gasteiger partial charge in [-0.3, -0.25) is 4.79 Å². The monoisotopic (exact) mass is 365 g/mol. The van der Waals surface area contributed by atoms with Crippen molar-refractivity contribution in [2.45, 2.75) is 24.6 Å². The van der Waals surface area contributed by atoms with E-state index < -0.39 is 0 Å². The van der Waals surface area contributed by atoms with Crippen molar-refractivity contribution in [2.24, 2.45) is 5.92 Å². The van der Waals surface area contributed by atoms with E-state index in [1.807, 2.05) is 36.4 Å². The molecule has 0 radical (unpaired) electrons. The predicted octanol–water partition coefficient (Wildman–Crippen LogP) is 4.74. The first-order valence-electron chi connectivity index (χ1n) is 7.25. The zero-order chi connectivity index (χ0) is 14.8. The molecule has 2 aromatic rings. The van der Waals surface area contributed by atoms with Gasteiger partial charge in [-0.1, -0.05) is 34.5 Å². The van der Waals surface area contributed by atoms with Crippen LogP contribution in [-0.2, 0) is 0 Å². The summed E-state index contributed by atoms with van der Waals surface area (Å²) in [5, 5.41) is 5.42. The molecule has 4 heteroatoms. The van der Waals surface area contributed by atoms with E-state index in [-0.39, 0.29) is 11.3 Å². The smallest absolute Gasteiger partial charge is 0.251 e. The molecule has 0 saturated heterocycles. The van der Waals surface area contributed by atoms with Gasteiger partial charge in [-0.25, -0.2) is 0 Å². The third kappa shape index (κ3) is 3.41. The zero-order valence-corrected chi connectivity index (χ0v) is 14.0. The maximum atomic E-state index is 12.3. The van der Waals surface area contributed by atoms with Gasteiger partial charge in [0.2, 0.25) is 0 Å². The summed E-state index contributed by atoms with van der Waals surface area (Å²) in [6.07, 6.45) is 3.34. The zero-order valence-electron chi connectivity index (χ0n) is 11.6. The Hall–Kier alpha value is -1.06. The van der Waals surface area contributed by atoms with Gasteiger partial charge in [0, 0.05) is 22.0 Å². The van der Waals surface area contributed by atoms with Crippen LogP contribution in [0.15, 0.2) is 40.9 Å². The number of amides is 1. The highest BCUT2D eigenvalue weighted by atomic mass is 79.9. The van der Waals surface area contributed by atoms with Crippen LogP contribution in [0.25, 0.3) is 10.8 Å². The molecule has 0 aromatic heterocycles. The topological polar surface area (TPSA) is 29.1 Å². The Kier molecular flexibility index (Phi) is 4.51. The van der Waals surface area contributed by atoms with E-state index in [2.05, 4.69) is 21.2 Å². The molecule has 0 spiro atoms. The minimum absolute atomic E-state index is 0.0180. The number of hydrogen-bond acceptors (Lipinski definition) is 1. The Labute approximate surface area is 138 Å². The number of carbonyl (C=O) groups is 1. The van der Waals surface area contributed by atoms with E-state index in [0.29, 0.717) is 18.0 Å². The average molecular weight is 367 g/mol. The van der Waals surface area contributed by atoms with E-state index in [1.54, 1.807) is 0 Å². The van der Waals surface area contributed by atoms with Gasteiger partial charge in [0.15, 0.2) is 0 Å². The number of carbonyl (C=O) groups excluding carboxylic acids is 1. The number of nitrogens with one attached hydrogen (secondary N) is 1. The van der Waals surface area contributed by atoms with Crippen molar-refractivity contribution in [3.63, 3.8) is 0 Å². The summed E-state index contributed by atoms with van der Waals surface area (Å²) in [6, 6.07) is 11.8. The molecular formula is C17H17BrClNO. The van der Waals surface area contributed by atoms with Crippen LogP contribution in [0.2, 0.25) is 0 Å². The second kappa shape index (κ2) is 6.37. The molecule has 1 amide bonds. The van der Waals surface area contributed by atoms with Crippen LogP contribution in [0.4, 0.5) is 0 Å². The van der Waals surface area contributed by atoms with E-state index in [0.717, 1.165) is 28.1 Å². The third-order valence-electron chi connectivity index (χ3n) is 4.16. The molecule has 2 aromatic carbocycles. The Morgan fingerprint density at radius 2 is 1.95 bits per heavy atom. The highest BCUT2D eigenvalue weighted by Crippen LogP contribution is 2.29. The van der Waals surface area contributed by atoms with Gasteiger partial charge in [-0.05, 0) is 53.8 Å². The SMILES string of the molecule is O=C(NCC1CCCC1Cl)c1ccc2cc(Br)ccc2c1. The molecule has 1 aliphatic rings. The molecule has 1 fully saturated rings. The van der Waals surface area contributed by atoms with Crippen molar-refractivity contribution < 1.29 is 4.79 Å². The average Bonchev–Trinajstić information content (AvgIpc) is 2.89.